The number of aryl methyl sites for hydroxylation is 1. The third kappa shape index (κ3) is 4.29. The van der Waals surface area contributed by atoms with Crippen molar-refractivity contribution in [2.75, 3.05) is 12.0 Å². The van der Waals surface area contributed by atoms with Gasteiger partial charge in [0.05, 0.1) is 13.2 Å². The van der Waals surface area contributed by atoms with Crippen molar-refractivity contribution in [2.45, 2.75) is 24.0 Å². The Morgan fingerprint density at radius 3 is 2.30 bits per heavy atom. The van der Waals surface area contributed by atoms with E-state index in [9.17, 15) is 4.79 Å². The van der Waals surface area contributed by atoms with Crippen molar-refractivity contribution in [3.63, 3.8) is 0 Å². The molecule has 5 rings (SSSR count). The van der Waals surface area contributed by atoms with Crippen molar-refractivity contribution in [3.05, 3.63) is 108 Å². The van der Waals surface area contributed by atoms with E-state index in [0.29, 0.717) is 5.75 Å². The molecule has 1 aliphatic carbocycles. The quantitative estimate of drug-likeness (QED) is 0.408. The lowest BCUT2D eigenvalue weighted by Crippen LogP contribution is -2.69. The number of allylic oxidation sites excluding steroid dienone is 2. The van der Waals surface area contributed by atoms with E-state index in [0.717, 1.165) is 11.4 Å². The fraction of sp³-hybridized carbons (Fsp3) is 0.179. The van der Waals surface area contributed by atoms with Gasteiger partial charge in [-0.15, -0.1) is 0 Å². The van der Waals surface area contributed by atoms with Gasteiger partial charge in [-0.3, -0.25) is 4.79 Å². The molecule has 33 heavy (non-hydrogen) atoms. The average molecular weight is 456 g/mol. The van der Waals surface area contributed by atoms with Crippen LogP contribution in [0.15, 0.2) is 107 Å². The molecule has 4 nitrogen and oxygen atoms in total. The van der Waals surface area contributed by atoms with Crippen molar-refractivity contribution < 1.29 is 14.3 Å². The number of β-lactam (4-membered cyclic amide) rings is 1. The highest BCUT2D eigenvalue weighted by Gasteiger charge is 2.54. The second-order valence-electron chi connectivity index (χ2n) is 8.14. The molecule has 1 heterocycles. The number of benzene rings is 3. The molecule has 2 aliphatic rings. The van der Waals surface area contributed by atoms with Gasteiger partial charge in [0.15, 0.2) is 6.10 Å². The molecule has 0 radical (unpaired) electrons. The van der Waals surface area contributed by atoms with Crippen LogP contribution in [0, 0.1) is 12.8 Å². The van der Waals surface area contributed by atoms with Crippen LogP contribution in [0.2, 0.25) is 0 Å². The van der Waals surface area contributed by atoms with Crippen LogP contribution in [0.5, 0.6) is 11.5 Å². The van der Waals surface area contributed by atoms with Gasteiger partial charge in [-0.25, -0.2) is 0 Å². The molecular formula is C28H25NO3S. The third-order valence-electron chi connectivity index (χ3n) is 5.98. The van der Waals surface area contributed by atoms with Gasteiger partial charge in [-0.05, 0) is 60.4 Å². The summed E-state index contributed by atoms with van der Waals surface area (Å²) in [7, 11) is 1.64. The molecule has 0 aromatic heterocycles. The molecule has 3 aromatic rings. The first-order chi connectivity index (χ1) is 16.1. The van der Waals surface area contributed by atoms with Crippen LogP contribution in [-0.2, 0) is 4.79 Å². The lowest BCUT2D eigenvalue weighted by molar-refractivity contribution is -0.135. The molecule has 1 saturated heterocycles. The Bertz CT molecular complexity index is 1190. The second-order valence-corrected chi connectivity index (χ2v) is 9.29. The summed E-state index contributed by atoms with van der Waals surface area (Å²) in [6, 6.07) is 25.6. The summed E-state index contributed by atoms with van der Waals surface area (Å²) in [6.45, 7) is 2.09. The summed E-state index contributed by atoms with van der Waals surface area (Å²) >= 11 is 1.74. The maximum absolute atomic E-state index is 13.3. The van der Waals surface area contributed by atoms with Crippen molar-refractivity contribution in [3.8, 4) is 11.5 Å². The van der Waals surface area contributed by atoms with Gasteiger partial charge < -0.3 is 14.4 Å². The molecule has 1 unspecified atom stereocenters. The summed E-state index contributed by atoms with van der Waals surface area (Å²) in [6.07, 6.45) is 5.84. The number of nitrogens with zero attached hydrogens (tertiary/aromatic N) is 1. The number of carbonyl (C=O) groups excluding carboxylic acids is 1. The molecule has 0 bridgehead atoms. The molecule has 1 amide bonds. The Hall–Kier alpha value is -3.44. The van der Waals surface area contributed by atoms with Crippen LogP contribution >= 0.6 is 11.8 Å². The number of para-hydroxylation sites is 1. The Labute approximate surface area is 198 Å². The third-order valence-corrected chi connectivity index (χ3v) is 7.13. The molecule has 3 atom stereocenters. The summed E-state index contributed by atoms with van der Waals surface area (Å²) in [5, 5.41) is 0. The van der Waals surface area contributed by atoms with Gasteiger partial charge in [0.25, 0.3) is 5.91 Å². The zero-order valence-electron chi connectivity index (χ0n) is 18.5. The van der Waals surface area contributed by atoms with Gasteiger partial charge in [0.1, 0.15) is 11.5 Å². The van der Waals surface area contributed by atoms with Crippen LogP contribution in [0.25, 0.3) is 0 Å². The maximum atomic E-state index is 13.3. The van der Waals surface area contributed by atoms with Gasteiger partial charge in [0.2, 0.25) is 0 Å². The van der Waals surface area contributed by atoms with E-state index in [1.54, 1.807) is 18.9 Å². The average Bonchev–Trinajstić information content (AvgIpc) is 3.30. The molecule has 5 heteroatoms. The van der Waals surface area contributed by atoms with E-state index in [-0.39, 0.29) is 17.9 Å². The van der Waals surface area contributed by atoms with Crippen molar-refractivity contribution in [1.29, 1.82) is 0 Å². The number of amides is 1. The Balaban J connectivity index is 1.44. The van der Waals surface area contributed by atoms with E-state index in [1.807, 2.05) is 59.5 Å². The van der Waals surface area contributed by atoms with Gasteiger partial charge >= 0.3 is 0 Å². The largest absolute Gasteiger partial charge is 0.497 e. The monoisotopic (exact) mass is 455 g/mol. The standard InChI is InChI=1S/C28H25NO3S/c1-19-11-17-23(18-12-19)33-25-10-6-9-24(25)26-27(32-22-7-4-3-5-8-22)28(30)29(26)20-13-15-21(31-2)16-14-20/h3-18,24,26-27H,1-2H3/t24?,26-,27+/m1/s1. The number of hydrogen-bond acceptors (Lipinski definition) is 4. The molecule has 0 saturated carbocycles. The Kier molecular flexibility index (Phi) is 5.97. The lowest BCUT2D eigenvalue weighted by Gasteiger charge is -2.49. The minimum absolute atomic E-state index is 0.0333. The first-order valence-corrected chi connectivity index (χ1v) is 11.8. The minimum atomic E-state index is -0.552. The van der Waals surface area contributed by atoms with E-state index in [4.69, 9.17) is 9.47 Å². The van der Waals surface area contributed by atoms with Gasteiger partial charge in [-0.1, -0.05) is 65.9 Å². The fourth-order valence-corrected chi connectivity index (χ4v) is 5.29. The summed E-state index contributed by atoms with van der Waals surface area (Å²) in [5.41, 5.74) is 2.08. The van der Waals surface area contributed by atoms with Crippen LogP contribution in [0.3, 0.4) is 0 Å². The molecule has 0 spiro atoms. The molecular weight excluding hydrogens is 430 g/mol. The second kappa shape index (κ2) is 9.20. The molecule has 0 N–H and O–H groups in total. The molecule has 166 valence electrons. The van der Waals surface area contributed by atoms with Crippen molar-refractivity contribution in [2.24, 2.45) is 5.92 Å². The Morgan fingerprint density at radius 2 is 1.61 bits per heavy atom. The van der Waals surface area contributed by atoms with E-state index in [2.05, 4.69) is 49.4 Å². The number of ether oxygens (including phenoxy) is 2. The number of thioether (sulfide) groups is 1. The van der Waals surface area contributed by atoms with Crippen LogP contribution in [-0.4, -0.2) is 25.2 Å². The minimum Gasteiger partial charge on any atom is -0.497 e. The highest BCUT2D eigenvalue weighted by Crippen LogP contribution is 2.45. The molecule has 3 aromatic carbocycles. The first kappa shape index (κ1) is 21.4. The SMILES string of the molecule is COc1ccc(N2C(=O)[C@@H](Oc3ccccc3)[C@H]2C2C=CC=C2Sc2ccc(C)cc2)cc1. The predicted octanol–water partition coefficient (Wildman–Crippen LogP) is 6.03. The molecule has 1 fully saturated rings. The number of methoxy groups -OCH3 is 1. The first-order valence-electron chi connectivity index (χ1n) is 11.0. The molecule has 1 aliphatic heterocycles. The predicted molar refractivity (Wildman–Crippen MR) is 133 cm³/mol. The number of hydrogen-bond donors (Lipinski definition) is 0. The highest BCUT2D eigenvalue weighted by molar-refractivity contribution is 8.03. The van der Waals surface area contributed by atoms with E-state index >= 15 is 0 Å². The maximum Gasteiger partial charge on any atom is 0.270 e. The van der Waals surface area contributed by atoms with Crippen molar-refractivity contribution >= 4 is 23.4 Å². The highest BCUT2D eigenvalue weighted by atomic mass is 32.2. The van der Waals surface area contributed by atoms with Crippen LogP contribution < -0.4 is 14.4 Å². The van der Waals surface area contributed by atoms with Gasteiger partial charge in [0, 0.05) is 16.5 Å². The number of anilines is 1. The number of rotatable bonds is 7. The van der Waals surface area contributed by atoms with Gasteiger partial charge in [-0.2, -0.15) is 0 Å². The topological polar surface area (TPSA) is 38.8 Å². The van der Waals surface area contributed by atoms with Crippen molar-refractivity contribution in [1.82, 2.24) is 0 Å². The van der Waals surface area contributed by atoms with Crippen LogP contribution in [0.4, 0.5) is 5.69 Å². The Morgan fingerprint density at radius 1 is 0.879 bits per heavy atom. The normalized spacial score (nSPS) is 21.5. The zero-order valence-corrected chi connectivity index (χ0v) is 19.4. The summed E-state index contributed by atoms with van der Waals surface area (Å²) < 4.78 is 11.5. The lowest BCUT2D eigenvalue weighted by atomic mass is 9.85. The summed E-state index contributed by atoms with van der Waals surface area (Å²) in [4.78, 5) is 17.6. The zero-order chi connectivity index (χ0) is 22.8. The smallest absolute Gasteiger partial charge is 0.270 e. The fourth-order valence-electron chi connectivity index (χ4n) is 4.24. The van der Waals surface area contributed by atoms with Crippen LogP contribution in [0.1, 0.15) is 5.56 Å². The summed E-state index contributed by atoms with van der Waals surface area (Å²) in [5.74, 6) is 1.48. The van der Waals surface area contributed by atoms with E-state index < -0.39 is 6.10 Å². The number of carbonyl (C=O) groups is 1. The van der Waals surface area contributed by atoms with E-state index in [1.165, 1.54) is 15.4 Å².